The number of aromatic nitrogens is 3. The first kappa shape index (κ1) is 15.8. The van der Waals surface area contributed by atoms with Crippen LogP contribution in [0.1, 0.15) is 59.7 Å². The first-order valence-electron chi connectivity index (χ1n) is 8.64. The number of carbonyl (C=O) groups excluding carboxylic acids is 1. The molecular formula is C17H22N4O2S. The summed E-state index contributed by atoms with van der Waals surface area (Å²) in [5.41, 5.74) is 1.29. The molecule has 0 spiro atoms. The van der Waals surface area contributed by atoms with Crippen molar-refractivity contribution in [1.29, 1.82) is 0 Å². The Hall–Kier alpha value is -1.73. The van der Waals surface area contributed by atoms with Gasteiger partial charge in [0.1, 0.15) is 5.82 Å². The van der Waals surface area contributed by atoms with E-state index in [9.17, 15) is 4.79 Å². The Bertz CT molecular complexity index is 705. The van der Waals surface area contributed by atoms with Crippen molar-refractivity contribution in [1.82, 2.24) is 20.5 Å². The second-order valence-corrected chi connectivity index (χ2v) is 7.52. The van der Waals surface area contributed by atoms with Gasteiger partial charge in [0.25, 0.3) is 0 Å². The summed E-state index contributed by atoms with van der Waals surface area (Å²) in [7, 11) is 0. The molecule has 1 amide bonds. The number of H-pyrrole nitrogens is 1. The molecule has 0 aromatic carbocycles. The number of ether oxygens (including phenoxy) is 1. The van der Waals surface area contributed by atoms with E-state index in [2.05, 4.69) is 31.9 Å². The van der Waals surface area contributed by atoms with E-state index in [-0.39, 0.29) is 18.4 Å². The molecule has 1 saturated heterocycles. The van der Waals surface area contributed by atoms with E-state index >= 15 is 0 Å². The molecule has 2 N–H and O–H groups in total. The van der Waals surface area contributed by atoms with E-state index in [0.717, 1.165) is 51.1 Å². The molecule has 0 radical (unpaired) electrons. The summed E-state index contributed by atoms with van der Waals surface area (Å²) >= 11 is 1.79. The molecule has 0 bridgehead atoms. The second-order valence-electron chi connectivity index (χ2n) is 6.52. The molecular weight excluding hydrogens is 324 g/mol. The molecule has 4 rings (SSSR count). The Morgan fingerprint density at radius 2 is 2.25 bits per heavy atom. The highest BCUT2D eigenvalue weighted by Gasteiger charge is 2.24. The Labute approximate surface area is 145 Å². The topological polar surface area (TPSA) is 79.9 Å². The molecule has 1 atom stereocenters. The van der Waals surface area contributed by atoms with Gasteiger partial charge in [-0.25, -0.2) is 4.98 Å². The maximum Gasteiger partial charge on any atom is 0.228 e. The van der Waals surface area contributed by atoms with Gasteiger partial charge < -0.3 is 10.1 Å². The molecule has 0 saturated carbocycles. The summed E-state index contributed by atoms with van der Waals surface area (Å²) in [4.78, 5) is 18.3. The zero-order valence-electron chi connectivity index (χ0n) is 13.6. The minimum atomic E-state index is 0.00808. The molecule has 1 unspecified atom stereocenters. The number of amides is 1. The fourth-order valence-corrected chi connectivity index (χ4v) is 4.55. The van der Waals surface area contributed by atoms with Crippen molar-refractivity contribution >= 4 is 17.2 Å². The molecule has 1 aliphatic heterocycles. The van der Waals surface area contributed by atoms with Crippen molar-refractivity contribution in [3.63, 3.8) is 0 Å². The quantitative estimate of drug-likeness (QED) is 0.891. The maximum atomic E-state index is 12.4. The van der Waals surface area contributed by atoms with Crippen LogP contribution in [0.2, 0.25) is 0 Å². The average molecular weight is 346 g/mol. The highest BCUT2D eigenvalue weighted by atomic mass is 32.1. The Morgan fingerprint density at radius 3 is 3.12 bits per heavy atom. The SMILES string of the molecule is O=C(Cc1nc(C2CCOCC2)n[nH]1)NC1CCCc2sccc21. The predicted octanol–water partition coefficient (Wildman–Crippen LogP) is 2.50. The molecule has 6 nitrogen and oxygen atoms in total. The van der Waals surface area contributed by atoms with Crippen LogP contribution in [-0.4, -0.2) is 34.3 Å². The molecule has 1 fully saturated rings. The van der Waals surface area contributed by atoms with Crippen LogP contribution in [0.4, 0.5) is 0 Å². The van der Waals surface area contributed by atoms with Gasteiger partial charge >= 0.3 is 0 Å². The van der Waals surface area contributed by atoms with Gasteiger partial charge in [-0.05, 0) is 49.1 Å². The van der Waals surface area contributed by atoms with Crippen molar-refractivity contribution in [2.24, 2.45) is 0 Å². The van der Waals surface area contributed by atoms with Crippen LogP contribution >= 0.6 is 11.3 Å². The summed E-state index contributed by atoms with van der Waals surface area (Å²) in [6.07, 6.45) is 5.44. The number of aryl methyl sites for hydroxylation is 1. The fraction of sp³-hybridized carbons (Fsp3) is 0.588. The number of fused-ring (bicyclic) bond motifs is 1. The number of carbonyl (C=O) groups is 1. The lowest BCUT2D eigenvalue weighted by molar-refractivity contribution is -0.121. The van der Waals surface area contributed by atoms with Crippen molar-refractivity contribution in [3.8, 4) is 0 Å². The van der Waals surface area contributed by atoms with Crippen LogP contribution in [0, 0.1) is 0 Å². The van der Waals surface area contributed by atoms with Gasteiger partial charge in [-0.2, -0.15) is 5.10 Å². The summed E-state index contributed by atoms with van der Waals surface area (Å²) in [6, 6.07) is 2.28. The van der Waals surface area contributed by atoms with Crippen LogP contribution < -0.4 is 5.32 Å². The number of thiophene rings is 1. The standard InChI is InChI=1S/C17H22N4O2S/c22-16(18-13-2-1-3-14-12(13)6-9-24-14)10-15-19-17(21-20-15)11-4-7-23-8-5-11/h6,9,11,13H,1-5,7-8,10H2,(H,18,22)(H,19,20,21). The zero-order chi connectivity index (χ0) is 16.4. The summed E-state index contributed by atoms with van der Waals surface area (Å²) < 4.78 is 5.37. The summed E-state index contributed by atoms with van der Waals surface area (Å²) in [6.45, 7) is 1.53. The highest BCUT2D eigenvalue weighted by molar-refractivity contribution is 7.10. The minimum Gasteiger partial charge on any atom is -0.381 e. The number of nitrogens with one attached hydrogen (secondary N) is 2. The molecule has 24 heavy (non-hydrogen) atoms. The van der Waals surface area contributed by atoms with Crippen LogP contribution in [0.3, 0.4) is 0 Å². The summed E-state index contributed by atoms with van der Waals surface area (Å²) in [5.74, 6) is 1.82. The Balaban J connectivity index is 1.36. The van der Waals surface area contributed by atoms with Crippen LogP contribution in [0.25, 0.3) is 0 Å². The molecule has 3 heterocycles. The second kappa shape index (κ2) is 7.03. The molecule has 1 aliphatic carbocycles. The lowest BCUT2D eigenvalue weighted by Crippen LogP contribution is -2.31. The van der Waals surface area contributed by atoms with Gasteiger partial charge in [0.2, 0.25) is 5.91 Å². The van der Waals surface area contributed by atoms with E-state index < -0.39 is 0 Å². The van der Waals surface area contributed by atoms with E-state index in [4.69, 9.17) is 4.74 Å². The molecule has 2 aliphatic rings. The maximum absolute atomic E-state index is 12.4. The Morgan fingerprint density at radius 1 is 1.38 bits per heavy atom. The average Bonchev–Trinajstić information content (AvgIpc) is 3.25. The number of rotatable bonds is 4. The minimum absolute atomic E-state index is 0.00808. The van der Waals surface area contributed by atoms with Gasteiger partial charge in [-0.3, -0.25) is 9.89 Å². The third kappa shape index (κ3) is 3.37. The molecule has 2 aromatic rings. The van der Waals surface area contributed by atoms with Crippen molar-refractivity contribution in [3.05, 3.63) is 33.5 Å². The van der Waals surface area contributed by atoms with Gasteiger partial charge in [0, 0.05) is 24.0 Å². The van der Waals surface area contributed by atoms with Gasteiger partial charge in [-0.1, -0.05) is 0 Å². The van der Waals surface area contributed by atoms with Gasteiger partial charge in [0.15, 0.2) is 5.82 Å². The fourth-order valence-electron chi connectivity index (χ4n) is 3.56. The van der Waals surface area contributed by atoms with Crippen LogP contribution in [0.5, 0.6) is 0 Å². The van der Waals surface area contributed by atoms with Gasteiger partial charge in [0.05, 0.1) is 12.5 Å². The number of hydrogen-bond donors (Lipinski definition) is 2. The van der Waals surface area contributed by atoms with Crippen molar-refractivity contribution in [2.45, 2.75) is 50.5 Å². The third-order valence-corrected chi connectivity index (χ3v) is 5.85. The normalized spacial score (nSPS) is 21.4. The number of aromatic amines is 1. The lowest BCUT2D eigenvalue weighted by atomic mass is 9.94. The van der Waals surface area contributed by atoms with Crippen LogP contribution in [-0.2, 0) is 22.4 Å². The molecule has 2 aromatic heterocycles. The van der Waals surface area contributed by atoms with Crippen molar-refractivity contribution < 1.29 is 9.53 Å². The van der Waals surface area contributed by atoms with Crippen LogP contribution in [0.15, 0.2) is 11.4 Å². The Kier molecular flexibility index (Phi) is 4.62. The monoisotopic (exact) mass is 346 g/mol. The van der Waals surface area contributed by atoms with E-state index in [1.54, 1.807) is 11.3 Å². The number of hydrogen-bond acceptors (Lipinski definition) is 5. The van der Waals surface area contributed by atoms with E-state index in [1.165, 1.54) is 10.4 Å². The van der Waals surface area contributed by atoms with E-state index in [0.29, 0.717) is 11.7 Å². The van der Waals surface area contributed by atoms with Gasteiger partial charge in [-0.15, -0.1) is 11.3 Å². The first-order chi connectivity index (χ1) is 11.8. The molecule has 128 valence electrons. The number of nitrogens with zero attached hydrogens (tertiary/aromatic N) is 2. The highest BCUT2D eigenvalue weighted by Crippen LogP contribution is 2.33. The van der Waals surface area contributed by atoms with Crippen molar-refractivity contribution in [2.75, 3.05) is 13.2 Å². The first-order valence-corrected chi connectivity index (χ1v) is 9.52. The smallest absolute Gasteiger partial charge is 0.228 e. The zero-order valence-corrected chi connectivity index (χ0v) is 14.4. The van der Waals surface area contributed by atoms with E-state index in [1.807, 2.05) is 0 Å². The summed E-state index contributed by atoms with van der Waals surface area (Å²) in [5, 5.41) is 12.5. The largest absolute Gasteiger partial charge is 0.381 e. The predicted molar refractivity (Wildman–Crippen MR) is 91.0 cm³/mol. The third-order valence-electron chi connectivity index (χ3n) is 4.85. The molecule has 7 heteroatoms. The lowest BCUT2D eigenvalue weighted by Gasteiger charge is -2.23.